The van der Waals surface area contributed by atoms with E-state index in [4.69, 9.17) is 0 Å². The van der Waals surface area contributed by atoms with Gasteiger partial charge in [-0.15, -0.1) is 0 Å². The molecule has 0 aliphatic carbocycles. The number of aliphatic hydroxyl groups excluding tert-OH is 1. The van der Waals surface area contributed by atoms with E-state index in [1.54, 1.807) is 13.1 Å². The van der Waals surface area contributed by atoms with E-state index in [0.717, 1.165) is 16.5 Å². The third-order valence-corrected chi connectivity index (χ3v) is 2.01. The number of hydrogen-bond donors (Lipinski definition) is 1. The summed E-state index contributed by atoms with van der Waals surface area (Å²) in [6.45, 7) is 1.74. The summed E-state index contributed by atoms with van der Waals surface area (Å²) in [7, 11) is 0. The molecule has 0 aliphatic rings. The lowest BCUT2D eigenvalue weighted by Gasteiger charge is -2.04. The molecule has 0 aliphatic heterocycles. The predicted molar refractivity (Wildman–Crippen MR) is 50.2 cm³/mol. The molecule has 1 heterocycles. The molecule has 0 bridgehead atoms. The highest BCUT2D eigenvalue weighted by Gasteiger charge is 2.01. The summed E-state index contributed by atoms with van der Waals surface area (Å²) in [6, 6.07) is 5.67. The van der Waals surface area contributed by atoms with Crippen LogP contribution in [-0.4, -0.2) is 15.1 Å². The van der Waals surface area contributed by atoms with Crippen molar-refractivity contribution in [1.29, 1.82) is 0 Å². The monoisotopic (exact) mass is 174 g/mol. The van der Waals surface area contributed by atoms with Crippen LogP contribution in [0.2, 0.25) is 0 Å². The van der Waals surface area contributed by atoms with Gasteiger partial charge in [0, 0.05) is 11.6 Å². The molecule has 0 saturated carbocycles. The van der Waals surface area contributed by atoms with Crippen molar-refractivity contribution in [2.75, 3.05) is 0 Å². The lowest BCUT2D eigenvalue weighted by Crippen LogP contribution is -1.91. The second-order valence-corrected chi connectivity index (χ2v) is 3.02. The van der Waals surface area contributed by atoms with Gasteiger partial charge in [-0.3, -0.25) is 0 Å². The molecule has 2 aromatic rings. The predicted octanol–water partition coefficient (Wildman–Crippen LogP) is 1.68. The maximum Gasteiger partial charge on any atom is 0.116 e. The highest BCUT2D eigenvalue weighted by atomic mass is 16.3. The first-order chi connectivity index (χ1) is 6.27. The van der Waals surface area contributed by atoms with Gasteiger partial charge in [-0.2, -0.15) is 0 Å². The van der Waals surface area contributed by atoms with Gasteiger partial charge in [-0.1, -0.05) is 6.07 Å². The maximum atomic E-state index is 9.34. The van der Waals surface area contributed by atoms with Gasteiger partial charge < -0.3 is 5.11 Å². The molecule has 0 fully saturated rings. The summed E-state index contributed by atoms with van der Waals surface area (Å²) in [5, 5.41) is 10.3. The maximum absolute atomic E-state index is 9.34. The first kappa shape index (κ1) is 8.13. The van der Waals surface area contributed by atoms with Crippen molar-refractivity contribution in [3.8, 4) is 0 Å². The Morgan fingerprint density at radius 3 is 3.00 bits per heavy atom. The Hall–Kier alpha value is -1.48. The second-order valence-electron chi connectivity index (χ2n) is 3.02. The smallest absolute Gasteiger partial charge is 0.116 e. The number of hydrogen-bond acceptors (Lipinski definition) is 3. The number of nitrogens with zero attached hydrogens (tertiary/aromatic N) is 2. The Morgan fingerprint density at radius 1 is 1.38 bits per heavy atom. The van der Waals surface area contributed by atoms with E-state index in [9.17, 15) is 5.11 Å². The topological polar surface area (TPSA) is 46.0 Å². The van der Waals surface area contributed by atoms with Crippen molar-refractivity contribution >= 4 is 10.9 Å². The van der Waals surface area contributed by atoms with E-state index >= 15 is 0 Å². The van der Waals surface area contributed by atoms with E-state index in [0.29, 0.717) is 0 Å². The number of rotatable bonds is 1. The van der Waals surface area contributed by atoms with Crippen LogP contribution in [0.4, 0.5) is 0 Å². The fraction of sp³-hybridized carbons (Fsp3) is 0.200. The first-order valence-electron chi connectivity index (χ1n) is 4.15. The van der Waals surface area contributed by atoms with Gasteiger partial charge in [-0.05, 0) is 24.6 Å². The molecule has 3 heteroatoms. The van der Waals surface area contributed by atoms with Crippen molar-refractivity contribution in [1.82, 2.24) is 9.97 Å². The van der Waals surface area contributed by atoms with E-state index in [1.165, 1.54) is 6.33 Å². The summed E-state index contributed by atoms with van der Waals surface area (Å²) >= 11 is 0. The summed E-state index contributed by atoms with van der Waals surface area (Å²) < 4.78 is 0. The number of benzene rings is 1. The van der Waals surface area contributed by atoms with Crippen molar-refractivity contribution < 1.29 is 5.11 Å². The van der Waals surface area contributed by atoms with Crippen LogP contribution in [0, 0.1) is 0 Å². The number of aliphatic hydroxyl groups is 1. The molecule has 0 amide bonds. The summed E-state index contributed by atoms with van der Waals surface area (Å²) in [5.41, 5.74) is 1.79. The summed E-state index contributed by atoms with van der Waals surface area (Å²) in [5.74, 6) is 0. The minimum absolute atomic E-state index is 0.440. The Morgan fingerprint density at radius 2 is 2.23 bits per heavy atom. The van der Waals surface area contributed by atoms with E-state index in [-0.39, 0.29) is 0 Å². The van der Waals surface area contributed by atoms with Gasteiger partial charge in [0.1, 0.15) is 6.33 Å². The molecule has 1 N–H and O–H groups in total. The van der Waals surface area contributed by atoms with Crippen molar-refractivity contribution in [3.63, 3.8) is 0 Å². The third-order valence-electron chi connectivity index (χ3n) is 2.01. The van der Waals surface area contributed by atoms with Crippen LogP contribution >= 0.6 is 0 Å². The van der Waals surface area contributed by atoms with Crippen molar-refractivity contribution in [2.45, 2.75) is 13.0 Å². The largest absolute Gasteiger partial charge is 0.389 e. The molecule has 2 rings (SSSR count). The number of fused-ring (bicyclic) bond motifs is 1. The average molecular weight is 174 g/mol. The Balaban J connectivity index is 2.62. The van der Waals surface area contributed by atoms with Gasteiger partial charge in [0.15, 0.2) is 0 Å². The molecule has 1 atom stereocenters. The molecule has 1 aromatic carbocycles. The molecule has 66 valence electrons. The van der Waals surface area contributed by atoms with Crippen LogP contribution in [0.25, 0.3) is 10.9 Å². The summed E-state index contributed by atoms with van der Waals surface area (Å²) in [4.78, 5) is 8.01. The molecule has 0 radical (unpaired) electrons. The van der Waals surface area contributed by atoms with Crippen LogP contribution in [0.3, 0.4) is 0 Å². The molecule has 1 aromatic heterocycles. The zero-order valence-electron chi connectivity index (χ0n) is 7.31. The molecular weight excluding hydrogens is 164 g/mol. The fourth-order valence-electron chi connectivity index (χ4n) is 1.26. The highest BCUT2D eigenvalue weighted by molar-refractivity contribution is 5.78. The molecule has 0 unspecified atom stereocenters. The molecule has 0 saturated heterocycles. The van der Waals surface area contributed by atoms with Gasteiger partial charge in [-0.25, -0.2) is 9.97 Å². The zero-order chi connectivity index (χ0) is 9.26. The zero-order valence-corrected chi connectivity index (χ0v) is 7.31. The number of aromatic nitrogens is 2. The van der Waals surface area contributed by atoms with Gasteiger partial charge >= 0.3 is 0 Å². The lowest BCUT2D eigenvalue weighted by atomic mass is 10.1. The summed E-state index contributed by atoms with van der Waals surface area (Å²) in [6.07, 6.45) is 2.82. The van der Waals surface area contributed by atoms with E-state index < -0.39 is 6.10 Å². The fourth-order valence-corrected chi connectivity index (χ4v) is 1.26. The normalized spacial score (nSPS) is 13.1. The highest BCUT2D eigenvalue weighted by Crippen LogP contribution is 2.17. The standard InChI is InChI=1S/C10H10N2O/c1-7(13)8-2-3-10-9(4-8)5-11-6-12-10/h2-7,13H,1H3/t7-/m0/s1. The molecule has 0 spiro atoms. The van der Waals surface area contributed by atoms with Crippen LogP contribution in [-0.2, 0) is 0 Å². The Labute approximate surface area is 76.1 Å². The molecule has 13 heavy (non-hydrogen) atoms. The van der Waals surface area contributed by atoms with Crippen LogP contribution < -0.4 is 0 Å². The molecule has 3 nitrogen and oxygen atoms in total. The average Bonchev–Trinajstić information content (AvgIpc) is 2.17. The second kappa shape index (κ2) is 3.11. The van der Waals surface area contributed by atoms with E-state index in [2.05, 4.69) is 9.97 Å². The van der Waals surface area contributed by atoms with Crippen LogP contribution in [0.15, 0.2) is 30.7 Å². The minimum Gasteiger partial charge on any atom is -0.389 e. The third kappa shape index (κ3) is 1.51. The quantitative estimate of drug-likeness (QED) is 0.715. The van der Waals surface area contributed by atoms with Crippen LogP contribution in [0.5, 0.6) is 0 Å². The lowest BCUT2D eigenvalue weighted by molar-refractivity contribution is 0.199. The Bertz CT molecular complexity index is 426. The SMILES string of the molecule is C[C@H](O)c1ccc2ncncc2c1. The van der Waals surface area contributed by atoms with Gasteiger partial charge in [0.2, 0.25) is 0 Å². The van der Waals surface area contributed by atoms with Gasteiger partial charge in [0.25, 0.3) is 0 Å². The van der Waals surface area contributed by atoms with E-state index in [1.807, 2.05) is 18.2 Å². The first-order valence-corrected chi connectivity index (χ1v) is 4.15. The van der Waals surface area contributed by atoms with Crippen molar-refractivity contribution in [2.24, 2.45) is 0 Å². The van der Waals surface area contributed by atoms with Crippen LogP contribution in [0.1, 0.15) is 18.6 Å². The molecular formula is C10H10N2O. The van der Waals surface area contributed by atoms with Crippen molar-refractivity contribution in [3.05, 3.63) is 36.3 Å². The minimum atomic E-state index is -0.440. The Kier molecular flexibility index (Phi) is 1.94. The van der Waals surface area contributed by atoms with Gasteiger partial charge in [0.05, 0.1) is 11.6 Å².